The Morgan fingerprint density at radius 2 is 1.82 bits per heavy atom. The minimum absolute atomic E-state index is 0.563. The van der Waals surface area contributed by atoms with Gasteiger partial charge in [-0.05, 0) is 66.6 Å². The van der Waals surface area contributed by atoms with Crippen LogP contribution in [-0.4, -0.2) is 13.7 Å². The third kappa shape index (κ3) is 3.71. The van der Waals surface area contributed by atoms with Crippen LogP contribution in [0.1, 0.15) is 86.0 Å². The normalized spacial score (nSPS) is 39.3. The molecule has 1 nitrogen and oxygen atoms in total. The fourth-order valence-corrected chi connectivity index (χ4v) is 6.15. The summed E-state index contributed by atoms with van der Waals surface area (Å²) < 4.78 is 5.26. The maximum Gasteiger partial charge on any atom is 0.0464 e. The van der Waals surface area contributed by atoms with E-state index in [2.05, 4.69) is 34.6 Å². The lowest BCUT2D eigenvalue weighted by Gasteiger charge is -2.59. The van der Waals surface area contributed by atoms with Crippen molar-refractivity contribution >= 4 is 0 Å². The molecule has 0 spiro atoms. The highest BCUT2D eigenvalue weighted by atomic mass is 16.5. The summed E-state index contributed by atoms with van der Waals surface area (Å²) in [5.74, 6) is 3.62. The molecule has 0 amide bonds. The molecule has 2 aliphatic carbocycles. The van der Waals surface area contributed by atoms with E-state index in [1.165, 1.54) is 51.4 Å². The molecule has 0 radical (unpaired) electrons. The summed E-state index contributed by atoms with van der Waals surface area (Å²) in [6.07, 6.45) is 11.4. The van der Waals surface area contributed by atoms with Gasteiger partial charge < -0.3 is 4.74 Å². The Balaban J connectivity index is 2.04. The number of hydrogen-bond donors (Lipinski definition) is 0. The van der Waals surface area contributed by atoms with Gasteiger partial charge in [-0.25, -0.2) is 0 Å². The first-order valence-corrected chi connectivity index (χ1v) is 9.80. The zero-order valence-corrected chi connectivity index (χ0v) is 16.1. The number of hydrogen-bond acceptors (Lipinski definition) is 1. The van der Waals surface area contributed by atoms with Gasteiger partial charge in [-0.3, -0.25) is 0 Å². The standard InChI is InChI=1S/C21H40O/c1-16(12-15-22-6)8-10-18-17(2)9-11-19-20(3,4)13-7-14-21(18,19)5/h16-19H,7-15H2,1-6H3/t16-,17-,18-,19-,21+/m0/s1. The van der Waals surface area contributed by atoms with E-state index >= 15 is 0 Å². The molecule has 1 heteroatoms. The molecule has 0 saturated heterocycles. The van der Waals surface area contributed by atoms with Crippen molar-refractivity contribution in [2.24, 2.45) is 34.5 Å². The lowest BCUT2D eigenvalue weighted by Crippen LogP contribution is -2.51. The molecule has 0 aromatic rings. The van der Waals surface area contributed by atoms with Crippen molar-refractivity contribution in [1.82, 2.24) is 0 Å². The lowest BCUT2D eigenvalue weighted by molar-refractivity contribution is -0.0973. The Bertz CT molecular complexity index is 348. The third-order valence-electron chi connectivity index (χ3n) is 7.51. The van der Waals surface area contributed by atoms with Crippen LogP contribution < -0.4 is 0 Å². The van der Waals surface area contributed by atoms with Crippen LogP contribution in [0.4, 0.5) is 0 Å². The fraction of sp³-hybridized carbons (Fsp3) is 1.00. The van der Waals surface area contributed by atoms with Crippen LogP contribution in [0.3, 0.4) is 0 Å². The van der Waals surface area contributed by atoms with Gasteiger partial charge in [0.25, 0.3) is 0 Å². The molecular formula is C21H40O. The highest BCUT2D eigenvalue weighted by molar-refractivity contribution is 5.02. The molecule has 0 unspecified atom stereocenters. The average molecular weight is 309 g/mol. The summed E-state index contributed by atoms with van der Waals surface area (Å²) in [6, 6.07) is 0. The van der Waals surface area contributed by atoms with E-state index in [1.807, 2.05) is 7.11 Å². The van der Waals surface area contributed by atoms with E-state index in [9.17, 15) is 0 Å². The SMILES string of the molecule is COCC[C@@H](C)CC[C@H]1[C@@H](C)CC[C@H]2C(C)(C)CCC[C@]12C. The highest BCUT2D eigenvalue weighted by Crippen LogP contribution is 2.62. The van der Waals surface area contributed by atoms with Crippen LogP contribution in [0.5, 0.6) is 0 Å². The second-order valence-corrected chi connectivity index (χ2v) is 9.53. The monoisotopic (exact) mass is 308 g/mol. The van der Waals surface area contributed by atoms with E-state index in [4.69, 9.17) is 4.74 Å². The van der Waals surface area contributed by atoms with Gasteiger partial charge in [-0.1, -0.05) is 53.9 Å². The molecule has 0 aliphatic heterocycles. The van der Waals surface area contributed by atoms with Crippen molar-refractivity contribution in [3.63, 3.8) is 0 Å². The van der Waals surface area contributed by atoms with Gasteiger partial charge in [0, 0.05) is 13.7 Å². The molecule has 5 atom stereocenters. The molecule has 2 fully saturated rings. The van der Waals surface area contributed by atoms with Crippen LogP contribution in [0.15, 0.2) is 0 Å². The van der Waals surface area contributed by atoms with Crippen LogP contribution in [-0.2, 0) is 4.74 Å². The molecule has 0 bridgehead atoms. The van der Waals surface area contributed by atoms with Crippen molar-refractivity contribution in [1.29, 1.82) is 0 Å². The summed E-state index contributed by atoms with van der Waals surface area (Å²) in [5, 5.41) is 0. The quantitative estimate of drug-likeness (QED) is 0.558. The van der Waals surface area contributed by atoms with Gasteiger partial charge in [0.1, 0.15) is 0 Å². The highest BCUT2D eigenvalue weighted by Gasteiger charge is 2.53. The van der Waals surface area contributed by atoms with Gasteiger partial charge in [-0.2, -0.15) is 0 Å². The van der Waals surface area contributed by atoms with Gasteiger partial charge in [0.05, 0.1) is 0 Å². The first-order valence-electron chi connectivity index (χ1n) is 9.80. The van der Waals surface area contributed by atoms with Crippen LogP contribution in [0.25, 0.3) is 0 Å². The van der Waals surface area contributed by atoms with Crippen molar-refractivity contribution in [2.45, 2.75) is 86.0 Å². The Morgan fingerprint density at radius 1 is 1.09 bits per heavy atom. The molecule has 0 aromatic carbocycles. The summed E-state index contributed by atoms with van der Waals surface area (Å²) in [5.41, 5.74) is 1.16. The summed E-state index contributed by atoms with van der Waals surface area (Å²) in [4.78, 5) is 0. The third-order valence-corrected chi connectivity index (χ3v) is 7.51. The van der Waals surface area contributed by atoms with Crippen molar-refractivity contribution in [3.8, 4) is 0 Å². The summed E-state index contributed by atoms with van der Waals surface area (Å²) in [6.45, 7) is 13.6. The minimum atomic E-state index is 0.563. The first-order chi connectivity index (χ1) is 10.3. The van der Waals surface area contributed by atoms with E-state index in [0.717, 1.165) is 30.3 Å². The average Bonchev–Trinajstić information content (AvgIpc) is 2.43. The van der Waals surface area contributed by atoms with Gasteiger partial charge in [-0.15, -0.1) is 0 Å². The van der Waals surface area contributed by atoms with E-state index in [0.29, 0.717) is 10.8 Å². The van der Waals surface area contributed by atoms with Crippen LogP contribution in [0, 0.1) is 34.5 Å². The van der Waals surface area contributed by atoms with Crippen LogP contribution >= 0.6 is 0 Å². The molecule has 130 valence electrons. The number of fused-ring (bicyclic) bond motifs is 1. The molecule has 0 heterocycles. The Hall–Kier alpha value is -0.0400. The van der Waals surface area contributed by atoms with Crippen LogP contribution in [0.2, 0.25) is 0 Å². The molecule has 0 aromatic heterocycles. The molecule has 0 N–H and O–H groups in total. The molecular weight excluding hydrogens is 268 g/mol. The fourth-order valence-electron chi connectivity index (χ4n) is 6.15. The Morgan fingerprint density at radius 3 is 2.50 bits per heavy atom. The lowest BCUT2D eigenvalue weighted by atomic mass is 9.46. The molecule has 2 rings (SSSR count). The maximum atomic E-state index is 5.26. The summed E-state index contributed by atoms with van der Waals surface area (Å²) >= 11 is 0. The van der Waals surface area contributed by atoms with Gasteiger partial charge in [0.2, 0.25) is 0 Å². The number of ether oxygens (including phenoxy) is 1. The van der Waals surface area contributed by atoms with Crippen molar-refractivity contribution in [3.05, 3.63) is 0 Å². The molecule has 2 aliphatic rings. The molecule has 22 heavy (non-hydrogen) atoms. The number of rotatable bonds is 6. The largest absolute Gasteiger partial charge is 0.385 e. The predicted molar refractivity (Wildman–Crippen MR) is 96.0 cm³/mol. The second kappa shape index (κ2) is 7.24. The predicted octanol–water partition coefficient (Wildman–Crippen LogP) is 6.32. The summed E-state index contributed by atoms with van der Waals surface area (Å²) in [7, 11) is 1.83. The van der Waals surface area contributed by atoms with E-state index in [1.54, 1.807) is 0 Å². The first kappa shape index (κ1) is 18.3. The minimum Gasteiger partial charge on any atom is -0.385 e. The maximum absolute atomic E-state index is 5.26. The van der Waals surface area contributed by atoms with Crippen molar-refractivity contribution in [2.75, 3.05) is 13.7 Å². The zero-order chi connectivity index (χ0) is 16.4. The second-order valence-electron chi connectivity index (χ2n) is 9.53. The Labute approximate surface area is 139 Å². The van der Waals surface area contributed by atoms with Gasteiger partial charge >= 0.3 is 0 Å². The Kier molecular flexibility index (Phi) is 6.02. The van der Waals surface area contributed by atoms with Crippen molar-refractivity contribution < 1.29 is 4.74 Å². The molecule has 2 saturated carbocycles. The smallest absolute Gasteiger partial charge is 0.0464 e. The topological polar surface area (TPSA) is 9.23 Å². The van der Waals surface area contributed by atoms with E-state index in [-0.39, 0.29) is 0 Å². The van der Waals surface area contributed by atoms with Gasteiger partial charge in [0.15, 0.2) is 0 Å². The zero-order valence-electron chi connectivity index (χ0n) is 16.1. The number of methoxy groups -OCH3 is 1. The van der Waals surface area contributed by atoms with E-state index < -0.39 is 0 Å².